The smallest absolute Gasteiger partial charge is 0.167 e. The van der Waals surface area contributed by atoms with Gasteiger partial charge in [-0.15, -0.1) is 0 Å². The van der Waals surface area contributed by atoms with Crippen LogP contribution in [0.25, 0.3) is 17.6 Å². The van der Waals surface area contributed by atoms with Crippen LogP contribution in [-0.2, 0) is 6.42 Å². The summed E-state index contributed by atoms with van der Waals surface area (Å²) in [6.45, 7) is 14.7. The van der Waals surface area contributed by atoms with Gasteiger partial charge in [-0.3, -0.25) is 9.36 Å². The molecule has 2 heterocycles. The number of carbonyl (C=O) groups excluding carboxylic acids is 1. The van der Waals surface area contributed by atoms with Gasteiger partial charge in [-0.1, -0.05) is 37.3 Å². The molecule has 0 fully saturated rings. The zero-order chi connectivity index (χ0) is 25.7. The zero-order valence-electron chi connectivity index (χ0n) is 21.4. The largest absolute Gasteiger partial charge is 0.412 e. The monoisotopic (exact) mass is 493 g/mol. The molecule has 0 aliphatic heterocycles. The lowest BCUT2D eigenvalue weighted by atomic mass is 9.98. The maximum absolute atomic E-state index is 13.2. The van der Waals surface area contributed by atoms with Gasteiger partial charge in [0.05, 0.1) is 18.2 Å². The number of benzene rings is 2. The van der Waals surface area contributed by atoms with Gasteiger partial charge < -0.3 is 15.4 Å². The number of nitrogens with one attached hydrogen (secondary N) is 1. The molecule has 3 N–H and O–H groups in total. The minimum absolute atomic E-state index is 0. The number of nitrogens with zero attached hydrogens (tertiary/aromatic N) is 4. The zero-order valence-corrected chi connectivity index (χ0v) is 21.4. The van der Waals surface area contributed by atoms with Crippen LogP contribution in [0.1, 0.15) is 51.1 Å². The first-order chi connectivity index (χ1) is 17.4. The van der Waals surface area contributed by atoms with Gasteiger partial charge in [0.1, 0.15) is 5.69 Å². The van der Waals surface area contributed by atoms with E-state index in [1.54, 1.807) is 29.5 Å². The van der Waals surface area contributed by atoms with Crippen LogP contribution < -0.4 is 5.32 Å². The van der Waals surface area contributed by atoms with Gasteiger partial charge in [-0.2, -0.15) is 0 Å². The van der Waals surface area contributed by atoms with Crippen LogP contribution in [0.4, 0.5) is 0 Å². The average Bonchev–Trinajstić information content (AvgIpc) is 3.53. The third kappa shape index (κ3) is 6.13. The molecule has 37 heavy (non-hydrogen) atoms. The molecule has 0 bridgehead atoms. The van der Waals surface area contributed by atoms with Crippen molar-refractivity contribution in [3.8, 4) is 17.5 Å². The summed E-state index contributed by atoms with van der Waals surface area (Å²) in [6.07, 6.45) is 9.06. The number of aryl methyl sites for hydroxylation is 2. The molecule has 0 unspecified atom stereocenters. The molecule has 2 aromatic heterocycles. The SMILES string of the molecule is C=Cn1c(C#Cc2cc(C(=O)Cc3cc(C)cc(-n4ccnc4)c3)ccc2C)cnc1C(=C)NCC.O. The Hall–Kier alpha value is -4.67. The third-order valence-corrected chi connectivity index (χ3v) is 5.81. The molecule has 0 spiro atoms. The van der Waals surface area contributed by atoms with Gasteiger partial charge in [0, 0.05) is 48.4 Å². The number of carbonyl (C=O) groups is 1. The number of aromatic nitrogens is 4. The number of Topliss-reactive ketones (excluding diaryl/α,β-unsaturated/α-hetero) is 1. The van der Waals surface area contributed by atoms with E-state index < -0.39 is 0 Å². The van der Waals surface area contributed by atoms with Crippen LogP contribution in [0.5, 0.6) is 0 Å². The fourth-order valence-electron chi connectivity index (χ4n) is 4.01. The number of hydrogen-bond acceptors (Lipinski definition) is 4. The van der Waals surface area contributed by atoms with E-state index in [2.05, 4.69) is 46.3 Å². The molecule has 4 aromatic rings. The summed E-state index contributed by atoms with van der Waals surface area (Å²) in [6, 6.07) is 11.8. The summed E-state index contributed by atoms with van der Waals surface area (Å²) in [5, 5.41) is 3.17. The number of ketones is 1. The Morgan fingerprint density at radius 1 is 1.16 bits per heavy atom. The minimum Gasteiger partial charge on any atom is -0.412 e. The maximum Gasteiger partial charge on any atom is 0.167 e. The van der Waals surface area contributed by atoms with Crippen LogP contribution in [0.3, 0.4) is 0 Å². The van der Waals surface area contributed by atoms with Crippen molar-refractivity contribution in [3.63, 3.8) is 0 Å². The molecule has 0 atom stereocenters. The van der Waals surface area contributed by atoms with Crippen LogP contribution >= 0.6 is 0 Å². The standard InChI is InChI=1S/C30H29N5O.H2O/c1-6-32-23(5)30-33-19-27(35(30)7-2)11-10-25-18-26(9-8-22(25)4)29(36)17-24-14-21(3)15-28(16-24)34-13-12-31-20-34;/h7-9,12-16,18-20,32H,2,5-6,17H2,1,3-4H3;1H2. The van der Waals surface area contributed by atoms with Gasteiger partial charge in [-0.05, 0) is 61.6 Å². The first kappa shape index (κ1) is 26.9. The fourth-order valence-corrected chi connectivity index (χ4v) is 4.01. The van der Waals surface area contributed by atoms with E-state index >= 15 is 0 Å². The van der Waals surface area contributed by atoms with E-state index in [9.17, 15) is 4.79 Å². The van der Waals surface area contributed by atoms with E-state index in [0.29, 0.717) is 29.2 Å². The number of imidazole rings is 2. The van der Waals surface area contributed by atoms with E-state index in [1.807, 2.05) is 61.9 Å². The second-order valence-electron chi connectivity index (χ2n) is 8.55. The first-order valence-electron chi connectivity index (χ1n) is 11.8. The normalized spacial score (nSPS) is 10.1. The lowest BCUT2D eigenvalue weighted by Gasteiger charge is -2.09. The quantitative estimate of drug-likeness (QED) is 0.291. The van der Waals surface area contributed by atoms with Crippen LogP contribution in [0.15, 0.2) is 74.5 Å². The average molecular weight is 494 g/mol. The van der Waals surface area contributed by atoms with Crippen molar-refractivity contribution < 1.29 is 10.3 Å². The molecule has 4 rings (SSSR count). The Labute approximate surface area is 217 Å². The highest BCUT2D eigenvalue weighted by Gasteiger charge is 2.12. The molecule has 0 amide bonds. The summed E-state index contributed by atoms with van der Waals surface area (Å²) in [7, 11) is 0. The Balaban J connectivity index is 0.00000380. The number of rotatable bonds is 8. The van der Waals surface area contributed by atoms with Crippen LogP contribution in [0, 0.1) is 25.7 Å². The maximum atomic E-state index is 13.2. The summed E-state index contributed by atoms with van der Waals surface area (Å²) in [5.41, 5.74) is 6.88. The van der Waals surface area contributed by atoms with Crippen molar-refractivity contribution in [3.05, 3.63) is 114 Å². The Morgan fingerprint density at radius 3 is 2.68 bits per heavy atom. The second kappa shape index (κ2) is 11.8. The number of hydrogen-bond donors (Lipinski definition) is 1. The molecular formula is C30H31N5O2. The molecule has 0 aliphatic rings. The molecule has 0 saturated carbocycles. The Bertz CT molecular complexity index is 1500. The van der Waals surface area contributed by atoms with Crippen molar-refractivity contribution in [1.29, 1.82) is 0 Å². The molecule has 0 radical (unpaired) electrons. The van der Waals surface area contributed by atoms with Gasteiger partial charge in [-0.25, -0.2) is 9.97 Å². The van der Waals surface area contributed by atoms with Crippen molar-refractivity contribution in [2.75, 3.05) is 6.54 Å². The van der Waals surface area contributed by atoms with Crippen molar-refractivity contribution in [1.82, 2.24) is 24.4 Å². The topological polar surface area (TPSA) is 96.2 Å². The predicted octanol–water partition coefficient (Wildman–Crippen LogP) is 4.37. The predicted molar refractivity (Wildman–Crippen MR) is 148 cm³/mol. The molecule has 0 aliphatic carbocycles. The highest BCUT2D eigenvalue weighted by Crippen LogP contribution is 2.18. The van der Waals surface area contributed by atoms with Crippen molar-refractivity contribution in [2.24, 2.45) is 0 Å². The van der Waals surface area contributed by atoms with E-state index in [1.165, 1.54) is 0 Å². The van der Waals surface area contributed by atoms with Gasteiger partial charge in [0.25, 0.3) is 0 Å². The summed E-state index contributed by atoms with van der Waals surface area (Å²) < 4.78 is 3.74. The summed E-state index contributed by atoms with van der Waals surface area (Å²) in [4.78, 5) is 21.7. The first-order valence-corrected chi connectivity index (χ1v) is 11.8. The summed E-state index contributed by atoms with van der Waals surface area (Å²) in [5.74, 6) is 7.10. The van der Waals surface area contributed by atoms with Crippen molar-refractivity contribution >= 4 is 17.7 Å². The molecular weight excluding hydrogens is 462 g/mol. The van der Waals surface area contributed by atoms with Crippen LogP contribution in [0.2, 0.25) is 0 Å². The van der Waals surface area contributed by atoms with E-state index in [-0.39, 0.29) is 11.3 Å². The fraction of sp³-hybridized carbons (Fsp3) is 0.167. The minimum atomic E-state index is 0. The lowest BCUT2D eigenvalue weighted by Crippen LogP contribution is -2.13. The van der Waals surface area contributed by atoms with Gasteiger partial charge >= 0.3 is 0 Å². The molecule has 188 valence electrons. The Morgan fingerprint density at radius 2 is 1.97 bits per heavy atom. The third-order valence-electron chi connectivity index (χ3n) is 5.81. The van der Waals surface area contributed by atoms with Gasteiger partial charge in [0.2, 0.25) is 0 Å². The highest BCUT2D eigenvalue weighted by molar-refractivity contribution is 5.98. The van der Waals surface area contributed by atoms with Crippen LogP contribution in [-0.4, -0.2) is 36.9 Å². The molecule has 7 heteroatoms. The van der Waals surface area contributed by atoms with E-state index in [0.717, 1.165) is 34.5 Å². The summed E-state index contributed by atoms with van der Waals surface area (Å²) >= 11 is 0. The molecule has 2 aromatic carbocycles. The van der Waals surface area contributed by atoms with Gasteiger partial charge in [0.15, 0.2) is 11.6 Å². The second-order valence-corrected chi connectivity index (χ2v) is 8.55. The highest BCUT2D eigenvalue weighted by atomic mass is 16.1. The molecule has 7 nitrogen and oxygen atoms in total. The molecule has 0 saturated heterocycles. The Kier molecular flexibility index (Phi) is 8.62. The lowest BCUT2D eigenvalue weighted by molar-refractivity contribution is 0.0993. The van der Waals surface area contributed by atoms with Crippen molar-refractivity contribution in [2.45, 2.75) is 27.2 Å². The van der Waals surface area contributed by atoms with E-state index in [4.69, 9.17) is 0 Å².